The third-order valence-corrected chi connectivity index (χ3v) is 3.79. The molecule has 2 fully saturated rings. The first-order valence-electron chi connectivity index (χ1n) is 6.59. The summed E-state index contributed by atoms with van der Waals surface area (Å²) in [4.78, 5) is 2.56. The van der Waals surface area contributed by atoms with Crippen LogP contribution in [0.5, 0.6) is 0 Å². The zero-order chi connectivity index (χ0) is 11.7. The fourth-order valence-electron chi connectivity index (χ4n) is 2.64. The average Bonchev–Trinajstić information content (AvgIpc) is 3.04. The predicted molar refractivity (Wildman–Crippen MR) is 63.4 cm³/mol. The van der Waals surface area contributed by atoms with E-state index in [1.165, 1.54) is 38.8 Å². The van der Waals surface area contributed by atoms with Crippen molar-refractivity contribution >= 4 is 0 Å². The second-order valence-electron chi connectivity index (χ2n) is 5.35. The second-order valence-corrected chi connectivity index (χ2v) is 5.35. The number of likely N-dealkylation sites (tertiary alicyclic amines) is 1. The molecule has 0 bridgehead atoms. The molecule has 94 valence electrons. The zero-order valence-electron chi connectivity index (χ0n) is 10.1. The molecule has 1 saturated carbocycles. The van der Waals surface area contributed by atoms with Crippen molar-refractivity contribution in [1.82, 2.24) is 19.9 Å². The van der Waals surface area contributed by atoms with E-state index in [0.717, 1.165) is 12.5 Å². The Balaban J connectivity index is 1.61. The van der Waals surface area contributed by atoms with Crippen molar-refractivity contribution in [3.8, 4) is 0 Å². The summed E-state index contributed by atoms with van der Waals surface area (Å²) in [7, 11) is 0. The predicted octanol–water partition coefficient (Wildman–Crippen LogP) is 0.817. The zero-order valence-corrected chi connectivity index (χ0v) is 10.1. The van der Waals surface area contributed by atoms with E-state index in [2.05, 4.69) is 15.2 Å². The molecule has 2 heterocycles. The van der Waals surface area contributed by atoms with Gasteiger partial charge in [0.1, 0.15) is 5.69 Å². The molecule has 0 spiro atoms. The second kappa shape index (κ2) is 4.74. The SMILES string of the molecule is OCc1cn([C@H]2CCCN(CC3CC3)C2)nn1. The number of hydrogen-bond donors (Lipinski definition) is 1. The van der Waals surface area contributed by atoms with Crippen LogP contribution in [-0.2, 0) is 6.61 Å². The van der Waals surface area contributed by atoms with Gasteiger partial charge in [0, 0.05) is 13.1 Å². The van der Waals surface area contributed by atoms with Gasteiger partial charge in [-0.25, -0.2) is 4.68 Å². The Labute approximate surface area is 101 Å². The van der Waals surface area contributed by atoms with Crippen LogP contribution in [0.15, 0.2) is 6.20 Å². The molecule has 1 saturated heterocycles. The Bertz CT molecular complexity index is 374. The summed E-state index contributed by atoms with van der Waals surface area (Å²) in [6.45, 7) is 3.57. The van der Waals surface area contributed by atoms with Crippen LogP contribution < -0.4 is 0 Å². The van der Waals surface area contributed by atoms with E-state index in [1.807, 2.05) is 10.9 Å². The first-order valence-corrected chi connectivity index (χ1v) is 6.59. The van der Waals surface area contributed by atoms with E-state index in [1.54, 1.807) is 0 Å². The molecule has 5 heteroatoms. The molecule has 1 atom stereocenters. The highest BCUT2D eigenvalue weighted by Gasteiger charge is 2.28. The van der Waals surface area contributed by atoms with Crippen LogP contribution in [0.3, 0.4) is 0 Å². The molecule has 0 radical (unpaired) electrons. The molecule has 1 aromatic rings. The summed E-state index contributed by atoms with van der Waals surface area (Å²) >= 11 is 0. The van der Waals surface area contributed by atoms with Gasteiger partial charge in [-0.15, -0.1) is 5.10 Å². The molecule has 1 N–H and O–H groups in total. The lowest BCUT2D eigenvalue weighted by molar-refractivity contribution is 0.163. The van der Waals surface area contributed by atoms with Crippen molar-refractivity contribution in [3.63, 3.8) is 0 Å². The third-order valence-electron chi connectivity index (χ3n) is 3.79. The minimum absolute atomic E-state index is 0.0154. The Morgan fingerprint density at radius 2 is 2.24 bits per heavy atom. The van der Waals surface area contributed by atoms with E-state index in [4.69, 9.17) is 5.11 Å². The van der Waals surface area contributed by atoms with Gasteiger partial charge in [-0.1, -0.05) is 5.21 Å². The Morgan fingerprint density at radius 3 is 2.94 bits per heavy atom. The van der Waals surface area contributed by atoms with Crippen molar-refractivity contribution < 1.29 is 5.11 Å². The minimum Gasteiger partial charge on any atom is -0.390 e. The number of hydrogen-bond acceptors (Lipinski definition) is 4. The van der Waals surface area contributed by atoms with Crippen LogP contribution in [0.4, 0.5) is 0 Å². The van der Waals surface area contributed by atoms with Crippen LogP contribution >= 0.6 is 0 Å². The lowest BCUT2D eigenvalue weighted by Gasteiger charge is -2.32. The summed E-state index contributed by atoms with van der Waals surface area (Å²) < 4.78 is 1.94. The Morgan fingerprint density at radius 1 is 1.35 bits per heavy atom. The Hall–Kier alpha value is -0.940. The van der Waals surface area contributed by atoms with Crippen molar-refractivity contribution in [2.75, 3.05) is 19.6 Å². The van der Waals surface area contributed by atoms with Crippen molar-refractivity contribution in [3.05, 3.63) is 11.9 Å². The van der Waals surface area contributed by atoms with Gasteiger partial charge in [-0.05, 0) is 38.1 Å². The first kappa shape index (κ1) is 11.2. The smallest absolute Gasteiger partial charge is 0.108 e. The molecule has 2 aliphatic rings. The van der Waals surface area contributed by atoms with Crippen LogP contribution in [-0.4, -0.2) is 44.6 Å². The molecule has 17 heavy (non-hydrogen) atoms. The number of aromatic nitrogens is 3. The summed E-state index contributed by atoms with van der Waals surface area (Å²) in [5, 5.41) is 17.1. The van der Waals surface area contributed by atoms with Crippen molar-refractivity contribution in [2.24, 2.45) is 5.92 Å². The van der Waals surface area contributed by atoms with E-state index in [-0.39, 0.29) is 6.61 Å². The average molecular weight is 236 g/mol. The van der Waals surface area contributed by atoms with Crippen LogP contribution in [0.2, 0.25) is 0 Å². The third kappa shape index (κ3) is 2.66. The molecule has 1 aliphatic carbocycles. The normalized spacial score (nSPS) is 26.3. The number of rotatable bonds is 4. The minimum atomic E-state index is -0.0154. The molecule has 0 aromatic carbocycles. The first-order chi connectivity index (χ1) is 8.35. The van der Waals surface area contributed by atoms with E-state index < -0.39 is 0 Å². The fraction of sp³-hybridized carbons (Fsp3) is 0.833. The number of aliphatic hydroxyl groups is 1. The van der Waals surface area contributed by atoms with Gasteiger partial charge in [-0.2, -0.15) is 0 Å². The highest BCUT2D eigenvalue weighted by molar-refractivity contribution is 4.92. The summed E-state index contributed by atoms with van der Waals surface area (Å²) in [5.41, 5.74) is 0.671. The lowest BCUT2D eigenvalue weighted by Crippen LogP contribution is -2.38. The number of nitrogens with zero attached hydrogens (tertiary/aromatic N) is 4. The summed E-state index contributed by atoms with van der Waals surface area (Å²) in [6, 6.07) is 0.440. The standard InChI is InChI=1S/C12H20N4O/c17-9-11-7-16(14-13-11)12-2-1-5-15(8-12)6-10-3-4-10/h7,10,12,17H,1-6,8-9H2/t12-/m0/s1. The molecule has 1 aliphatic heterocycles. The maximum Gasteiger partial charge on any atom is 0.108 e. The number of aliphatic hydroxyl groups excluding tert-OH is 1. The molecular formula is C12H20N4O. The van der Waals surface area contributed by atoms with Crippen molar-refractivity contribution in [2.45, 2.75) is 38.3 Å². The van der Waals surface area contributed by atoms with Gasteiger partial charge in [0.15, 0.2) is 0 Å². The van der Waals surface area contributed by atoms with Crippen LogP contribution in [0.25, 0.3) is 0 Å². The molecule has 3 rings (SSSR count). The van der Waals surface area contributed by atoms with Crippen molar-refractivity contribution in [1.29, 1.82) is 0 Å². The van der Waals surface area contributed by atoms with Gasteiger partial charge < -0.3 is 10.0 Å². The van der Waals surface area contributed by atoms with E-state index in [9.17, 15) is 0 Å². The molecule has 0 unspecified atom stereocenters. The maximum atomic E-state index is 9.00. The molecule has 5 nitrogen and oxygen atoms in total. The topological polar surface area (TPSA) is 54.2 Å². The maximum absolute atomic E-state index is 9.00. The highest BCUT2D eigenvalue weighted by atomic mass is 16.3. The monoisotopic (exact) mass is 236 g/mol. The number of piperidine rings is 1. The quantitative estimate of drug-likeness (QED) is 0.841. The Kier molecular flexibility index (Phi) is 3.11. The van der Waals surface area contributed by atoms with Gasteiger partial charge >= 0.3 is 0 Å². The molecule has 0 amide bonds. The lowest BCUT2D eigenvalue weighted by atomic mass is 10.1. The van der Waals surface area contributed by atoms with Gasteiger partial charge in [0.05, 0.1) is 18.8 Å². The van der Waals surface area contributed by atoms with E-state index in [0.29, 0.717) is 11.7 Å². The summed E-state index contributed by atoms with van der Waals surface area (Å²) in [5.74, 6) is 0.956. The van der Waals surface area contributed by atoms with Gasteiger partial charge in [-0.3, -0.25) is 0 Å². The molecular weight excluding hydrogens is 216 g/mol. The van der Waals surface area contributed by atoms with Crippen LogP contribution in [0.1, 0.15) is 37.4 Å². The highest BCUT2D eigenvalue weighted by Crippen LogP contribution is 2.31. The van der Waals surface area contributed by atoms with Gasteiger partial charge in [0.2, 0.25) is 0 Å². The molecule has 1 aromatic heterocycles. The summed E-state index contributed by atoms with van der Waals surface area (Å²) in [6.07, 6.45) is 7.13. The fourth-order valence-corrected chi connectivity index (χ4v) is 2.64. The van der Waals surface area contributed by atoms with Crippen LogP contribution in [0, 0.1) is 5.92 Å². The van der Waals surface area contributed by atoms with Gasteiger partial charge in [0.25, 0.3) is 0 Å². The largest absolute Gasteiger partial charge is 0.390 e. The van der Waals surface area contributed by atoms with E-state index >= 15 is 0 Å².